The SMILES string of the molecule is CCCC1CCN(C(=O)C(N)COC)CC1. The molecule has 16 heavy (non-hydrogen) atoms. The molecule has 0 saturated carbocycles. The number of rotatable bonds is 5. The van der Waals surface area contributed by atoms with Crippen molar-refractivity contribution < 1.29 is 9.53 Å². The van der Waals surface area contributed by atoms with Crippen LogP contribution >= 0.6 is 0 Å². The van der Waals surface area contributed by atoms with Gasteiger partial charge in [0.2, 0.25) is 5.91 Å². The smallest absolute Gasteiger partial charge is 0.241 e. The second-order valence-corrected chi connectivity index (χ2v) is 4.62. The fourth-order valence-electron chi connectivity index (χ4n) is 2.34. The van der Waals surface area contributed by atoms with E-state index in [-0.39, 0.29) is 5.91 Å². The standard InChI is InChI=1S/C12H24N2O2/c1-3-4-10-5-7-14(8-6-10)12(15)11(13)9-16-2/h10-11H,3-9,13H2,1-2H3. The summed E-state index contributed by atoms with van der Waals surface area (Å²) in [5.41, 5.74) is 5.74. The molecule has 0 radical (unpaired) electrons. The summed E-state index contributed by atoms with van der Waals surface area (Å²) >= 11 is 0. The molecule has 2 N–H and O–H groups in total. The Kier molecular flexibility index (Phi) is 5.77. The van der Waals surface area contributed by atoms with Gasteiger partial charge in [-0.3, -0.25) is 4.79 Å². The summed E-state index contributed by atoms with van der Waals surface area (Å²) in [5, 5.41) is 0. The number of hydrogen-bond donors (Lipinski definition) is 1. The van der Waals surface area contributed by atoms with Gasteiger partial charge >= 0.3 is 0 Å². The van der Waals surface area contributed by atoms with Gasteiger partial charge in [-0.15, -0.1) is 0 Å². The van der Waals surface area contributed by atoms with Gasteiger partial charge in [-0.25, -0.2) is 0 Å². The monoisotopic (exact) mass is 228 g/mol. The van der Waals surface area contributed by atoms with Crippen LogP contribution in [0.25, 0.3) is 0 Å². The molecule has 1 heterocycles. The molecule has 1 saturated heterocycles. The topological polar surface area (TPSA) is 55.6 Å². The first kappa shape index (κ1) is 13.5. The minimum atomic E-state index is -0.493. The fourth-order valence-corrected chi connectivity index (χ4v) is 2.34. The number of ether oxygens (including phenoxy) is 1. The largest absolute Gasteiger partial charge is 0.383 e. The zero-order valence-electron chi connectivity index (χ0n) is 10.4. The van der Waals surface area contributed by atoms with Crippen LogP contribution in [-0.2, 0) is 9.53 Å². The first-order valence-electron chi connectivity index (χ1n) is 6.22. The zero-order valence-corrected chi connectivity index (χ0v) is 10.4. The van der Waals surface area contributed by atoms with Crippen LogP contribution < -0.4 is 5.73 Å². The molecule has 4 heteroatoms. The van der Waals surface area contributed by atoms with Gasteiger partial charge in [0.1, 0.15) is 6.04 Å². The lowest BCUT2D eigenvalue weighted by molar-refractivity contribution is -0.135. The molecule has 1 rings (SSSR count). The van der Waals surface area contributed by atoms with Crippen LogP contribution in [0.5, 0.6) is 0 Å². The average Bonchev–Trinajstić information content (AvgIpc) is 2.30. The molecule has 0 aliphatic carbocycles. The molecule has 0 aromatic heterocycles. The normalized spacial score (nSPS) is 19.8. The number of likely N-dealkylation sites (tertiary alicyclic amines) is 1. The van der Waals surface area contributed by atoms with Crippen molar-refractivity contribution in [2.45, 2.75) is 38.6 Å². The number of nitrogens with two attached hydrogens (primary N) is 1. The summed E-state index contributed by atoms with van der Waals surface area (Å²) < 4.78 is 4.90. The Morgan fingerprint density at radius 1 is 1.50 bits per heavy atom. The van der Waals surface area contributed by atoms with Crippen molar-refractivity contribution in [2.75, 3.05) is 26.8 Å². The summed E-state index contributed by atoms with van der Waals surface area (Å²) in [6.07, 6.45) is 4.77. The van der Waals surface area contributed by atoms with E-state index >= 15 is 0 Å². The Hall–Kier alpha value is -0.610. The maximum absolute atomic E-state index is 11.9. The number of carbonyl (C=O) groups is 1. The summed E-state index contributed by atoms with van der Waals surface area (Å²) in [6, 6.07) is -0.493. The van der Waals surface area contributed by atoms with Gasteiger partial charge in [0.05, 0.1) is 6.61 Å². The Balaban J connectivity index is 2.32. The Bertz CT molecular complexity index is 213. The molecule has 1 amide bonds. The third-order valence-electron chi connectivity index (χ3n) is 3.29. The number of nitrogens with zero attached hydrogens (tertiary/aromatic N) is 1. The molecule has 94 valence electrons. The van der Waals surface area contributed by atoms with E-state index in [1.165, 1.54) is 12.8 Å². The Morgan fingerprint density at radius 3 is 2.62 bits per heavy atom. The average molecular weight is 228 g/mol. The molecule has 0 bridgehead atoms. The van der Waals surface area contributed by atoms with Crippen molar-refractivity contribution in [3.8, 4) is 0 Å². The number of methoxy groups -OCH3 is 1. The van der Waals surface area contributed by atoms with E-state index in [9.17, 15) is 4.79 Å². The maximum Gasteiger partial charge on any atom is 0.241 e. The molecule has 0 spiro atoms. The molecule has 4 nitrogen and oxygen atoms in total. The van der Waals surface area contributed by atoms with Crippen molar-refractivity contribution in [3.63, 3.8) is 0 Å². The van der Waals surface area contributed by atoms with Crippen LogP contribution in [0.4, 0.5) is 0 Å². The van der Waals surface area contributed by atoms with Crippen molar-refractivity contribution in [3.05, 3.63) is 0 Å². The second kappa shape index (κ2) is 6.86. The third-order valence-corrected chi connectivity index (χ3v) is 3.29. The summed E-state index contributed by atoms with van der Waals surface area (Å²) in [4.78, 5) is 13.8. The highest BCUT2D eigenvalue weighted by atomic mass is 16.5. The van der Waals surface area contributed by atoms with E-state index in [1.807, 2.05) is 4.90 Å². The highest BCUT2D eigenvalue weighted by Crippen LogP contribution is 2.21. The maximum atomic E-state index is 11.9. The Morgan fingerprint density at radius 2 is 2.12 bits per heavy atom. The lowest BCUT2D eigenvalue weighted by Gasteiger charge is -2.33. The van der Waals surface area contributed by atoms with Gasteiger partial charge < -0.3 is 15.4 Å². The van der Waals surface area contributed by atoms with E-state index in [2.05, 4.69) is 6.92 Å². The van der Waals surface area contributed by atoms with Gasteiger partial charge in [0, 0.05) is 20.2 Å². The number of amides is 1. The number of carbonyl (C=O) groups excluding carboxylic acids is 1. The van der Waals surface area contributed by atoms with Gasteiger partial charge in [-0.1, -0.05) is 19.8 Å². The molecule has 0 aromatic rings. The van der Waals surface area contributed by atoms with Gasteiger partial charge in [0.25, 0.3) is 0 Å². The van der Waals surface area contributed by atoms with E-state index in [4.69, 9.17) is 10.5 Å². The van der Waals surface area contributed by atoms with Crippen LogP contribution in [0, 0.1) is 5.92 Å². The highest BCUT2D eigenvalue weighted by molar-refractivity contribution is 5.81. The molecule has 1 unspecified atom stereocenters. The van der Waals surface area contributed by atoms with Crippen molar-refractivity contribution in [1.29, 1.82) is 0 Å². The summed E-state index contributed by atoms with van der Waals surface area (Å²) in [6.45, 7) is 4.25. The third kappa shape index (κ3) is 3.76. The van der Waals surface area contributed by atoms with Gasteiger partial charge in [-0.2, -0.15) is 0 Å². The number of hydrogen-bond acceptors (Lipinski definition) is 3. The predicted molar refractivity (Wildman–Crippen MR) is 64.1 cm³/mol. The van der Waals surface area contributed by atoms with Gasteiger partial charge in [-0.05, 0) is 18.8 Å². The zero-order chi connectivity index (χ0) is 12.0. The minimum absolute atomic E-state index is 0.0387. The van der Waals surface area contributed by atoms with Crippen LogP contribution in [0.2, 0.25) is 0 Å². The lowest BCUT2D eigenvalue weighted by Crippen LogP contribution is -2.48. The van der Waals surface area contributed by atoms with Crippen molar-refractivity contribution in [1.82, 2.24) is 4.90 Å². The summed E-state index contributed by atoms with van der Waals surface area (Å²) in [5.74, 6) is 0.837. The van der Waals surface area contributed by atoms with E-state index in [0.717, 1.165) is 31.8 Å². The van der Waals surface area contributed by atoms with Crippen LogP contribution in [-0.4, -0.2) is 43.7 Å². The molecular formula is C12H24N2O2. The molecule has 0 aromatic carbocycles. The molecular weight excluding hydrogens is 204 g/mol. The molecule has 1 aliphatic rings. The molecule has 1 aliphatic heterocycles. The fraction of sp³-hybridized carbons (Fsp3) is 0.917. The second-order valence-electron chi connectivity index (χ2n) is 4.62. The van der Waals surface area contributed by atoms with E-state index in [0.29, 0.717) is 6.61 Å². The summed E-state index contributed by atoms with van der Waals surface area (Å²) in [7, 11) is 1.57. The van der Waals surface area contributed by atoms with Crippen molar-refractivity contribution in [2.24, 2.45) is 11.7 Å². The van der Waals surface area contributed by atoms with Gasteiger partial charge in [0.15, 0.2) is 0 Å². The Labute approximate surface area is 98.1 Å². The van der Waals surface area contributed by atoms with Crippen LogP contribution in [0.15, 0.2) is 0 Å². The predicted octanol–water partition coefficient (Wildman–Crippen LogP) is 0.999. The quantitative estimate of drug-likeness (QED) is 0.763. The first-order chi connectivity index (χ1) is 7.69. The lowest BCUT2D eigenvalue weighted by atomic mass is 9.92. The van der Waals surface area contributed by atoms with Crippen molar-refractivity contribution >= 4 is 5.91 Å². The molecule has 1 fully saturated rings. The van der Waals surface area contributed by atoms with E-state index < -0.39 is 6.04 Å². The first-order valence-corrected chi connectivity index (χ1v) is 6.22. The van der Waals surface area contributed by atoms with E-state index in [1.54, 1.807) is 7.11 Å². The number of piperidine rings is 1. The minimum Gasteiger partial charge on any atom is -0.383 e. The molecule has 1 atom stereocenters. The van der Waals surface area contributed by atoms with Crippen LogP contribution in [0.3, 0.4) is 0 Å². The highest BCUT2D eigenvalue weighted by Gasteiger charge is 2.25. The van der Waals surface area contributed by atoms with Crippen LogP contribution in [0.1, 0.15) is 32.6 Å².